The Kier molecular flexibility index (Phi) is 6.11. The molecule has 1 unspecified atom stereocenters. The standard InChI is InChI=1S/C21H14ClF6N3O3/c22-17-16(19(32)29-9-11-3-5-13(6-4-11)34-21(26,27)28)30-18-14(20(23,24)25)8-12(10-31(17)18)15-2-1-7-33-15/h1,3-8,10,15H,2,9H2,(H,29,32). The summed E-state index contributed by atoms with van der Waals surface area (Å²) >= 11 is 6.21. The molecule has 2 aromatic heterocycles. The van der Waals surface area contributed by atoms with E-state index in [1.165, 1.54) is 24.6 Å². The number of benzene rings is 1. The Morgan fingerprint density at radius 3 is 2.50 bits per heavy atom. The molecule has 1 atom stereocenters. The fourth-order valence-electron chi connectivity index (χ4n) is 3.34. The first kappa shape index (κ1) is 23.7. The van der Waals surface area contributed by atoms with Crippen molar-refractivity contribution in [1.29, 1.82) is 0 Å². The van der Waals surface area contributed by atoms with Crippen LogP contribution in [-0.4, -0.2) is 21.7 Å². The van der Waals surface area contributed by atoms with Crippen LogP contribution in [0.4, 0.5) is 26.3 Å². The molecule has 4 rings (SSSR count). The smallest absolute Gasteiger partial charge is 0.493 e. The van der Waals surface area contributed by atoms with Crippen molar-refractivity contribution in [3.63, 3.8) is 0 Å². The molecule has 3 aromatic rings. The van der Waals surface area contributed by atoms with Crippen LogP contribution >= 0.6 is 11.6 Å². The number of alkyl halides is 6. The van der Waals surface area contributed by atoms with Crippen molar-refractivity contribution in [2.75, 3.05) is 0 Å². The quantitative estimate of drug-likeness (QED) is 0.444. The molecule has 0 saturated carbocycles. The molecule has 180 valence electrons. The van der Waals surface area contributed by atoms with Gasteiger partial charge in [-0.25, -0.2) is 4.98 Å². The maximum atomic E-state index is 13.7. The first-order valence-electron chi connectivity index (χ1n) is 9.64. The van der Waals surface area contributed by atoms with Crippen LogP contribution in [0.2, 0.25) is 5.15 Å². The molecular weight excluding hydrogens is 492 g/mol. The zero-order chi connectivity index (χ0) is 24.7. The van der Waals surface area contributed by atoms with Crippen molar-refractivity contribution in [2.45, 2.75) is 31.6 Å². The van der Waals surface area contributed by atoms with Crippen LogP contribution in [-0.2, 0) is 17.5 Å². The first-order valence-corrected chi connectivity index (χ1v) is 10.0. The van der Waals surface area contributed by atoms with Gasteiger partial charge in [0.05, 0.1) is 11.8 Å². The number of hydrogen-bond donors (Lipinski definition) is 1. The Morgan fingerprint density at radius 1 is 1.21 bits per heavy atom. The fraction of sp³-hybridized carbons (Fsp3) is 0.238. The molecule has 0 aliphatic carbocycles. The first-order chi connectivity index (χ1) is 15.9. The second-order valence-electron chi connectivity index (χ2n) is 7.24. The van der Waals surface area contributed by atoms with E-state index in [-0.39, 0.29) is 17.3 Å². The number of fused-ring (bicyclic) bond motifs is 1. The van der Waals surface area contributed by atoms with Crippen molar-refractivity contribution >= 4 is 23.2 Å². The third kappa shape index (κ3) is 5.06. The van der Waals surface area contributed by atoms with Crippen molar-refractivity contribution in [2.24, 2.45) is 0 Å². The molecular formula is C21H14ClF6N3O3. The number of ether oxygens (including phenoxy) is 2. The van der Waals surface area contributed by atoms with Gasteiger partial charge in [-0.15, -0.1) is 13.2 Å². The van der Waals surface area contributed by atoms with Gasteiger partial charge in [-0.2, -0.15) is 13.2 Å². The second kappa shape index (κ2) is 8.75. The average molecular weight is 506 g/mol. The van der Waals surface area contributed by atoms with Crippen LogP contribution in [0.15, 0.2) is 48.9 Å². The molecule has 1 amide bonds. The van der Waals surface area contributed by atoms with Gasteiger partial charge < -0.3 is 14.8 Å². The Morgan fingerprint density at radius 2 is 1.91 bits per heavy atom. The van der Waals surface area contributed by atoms with Crippen LogP contribution < -0.4 is 10.1 Å². The minimum atomic E-state index is -4.84. The van der Waals surface area contributed by atoms with Crippen LogP contribution in [0, 0.1) is 0 Å². The number of pyridine rings is 1. The van der Waals surface area contributed by atoms with Crippen LogP contribution in [0.1, 0.15) is 39.7 Å². The minimum absolute atomic E-state index is 0.145. The third-order valence-electron chi connectivity index (χ3n) is 4.87. The normalized spacial score (nSPS) is 16.0. The lowest BCUT2D eigenvalue weighted by Gasteiger charge is -2.15. The molecule has 34 heavy (non-hydrogen) atoms. The highest BCUT2D eigenvalue weighted by Gasteiger charge is 2.37. The molecule has 0 fully saturated rings. The molecule has 13 heteroatoms. The van der Waals surface area contributed by atoms with E-state index < -0.39 is 47.2 Å². The summed E-state index contributed by atoms with van der Waals surface area (Å²) in [5, 5.41) is 2.10. The summed E-state index contributed by atoms with van der Waals surface area (Å²) in [6, 6.07) is 5.60. The van der Waals surface area contributed by atoms with E-state index in [1.54, 1.807) is 6.08 Å². The van der Waals surface area contributed by atoms with Gasteiger partial charge in [0.1, 0.15) is 17.0 Å². The van der Waals surface area contributed by atoms with E-state index in [0.717, 1.165) is 22.6 Å². The van der Waals surface area contributed by atoms with Gasteiger partial charge in [-0.1, -0.05) is 23.7 Å². The second-order valence-corrected chi connectivity index (χ2v) is 7.59. The predicted octanol–water partition coefficient (Wildman–Crippen LogP) is 5.81. The number of imidazole rings is 1. The zero-order valence-corrected chi connectivity index (χ0v) is 17.6. The van der Waals surface area contributed by atoms with Crippen LogP contribution in [0.5, 0.6) is 5.75 Å². The summed E-state index contributed by atoms with van der Waals surface area (Å²) in [6.07, 6.45) is -5.50. The lowest BCUT2D eigenvalue weighted by Crippen LogP contribution is -2.23. The van der Waals surface area contributed by atoms with E-state index in [2.05, 4.69) is 15.0 Å². The monoisotopic (exact) mass is 505 g/mol. The number of hydrogen-bond acceptors (Lipinski definition) is 4. The summed E-state index contributed by atoms with van der Waals surface area (Å²) in [7, 11) is 0. The highest BCUT2D eigenvalue weighted by Crippen LogP contribution is 2.37. The maximum absolute atomic E-state index is 13.7. The molecule has 1 N–H and O–H groups in total. The molecule has 3 heterocycles. The molecule has 0 radical (unpaired) electrons. The fourth-order valence-corrected chi connectivity index (χ4v) is 3.60. The average Bonchev–Trinajstić information content (AvgIpc) is 3.39. The van der Waals surface area contributed by atoms with E-state index in [0.29, 0.717) is 12.0 Å². The van der Waals surface area contributed by atoms with E-state index >= 15 is 0 Å². The van der Waals surface area contributed by atoms with Crippen molar-refractivity contribution in [3.05, 3.63) is 76.4 Å². The number of aromatic nitrogens is 2. The topological polar surface area (TPSA) is 64.9 Å². The minimum Gasteiger partial charge on any atom is -0.493 e. The zero-order valence-electron chi connectivity index (χ0n) is 16.9. The summed E-state index contributed by atoms with van der Waals surface area (Å²) in [5.41, 5.74) is -1.45. The van der Waals surface area contributed by atoms with Crippen LogP contribution in [0.25, 0.3) is 5.65 Å². The van der Waals surface area contributed by atoms with E-state index in [9.17, 15) is 31.1 Å². The van der Waals surface area contributed by atoms with Gasteiger partial charge in [0.15, 0.2) is 11.3 Å². The summed E-state index contributed by atoms with van der Waals surface area (Å²) in [4.78, 5) is 16.4. The van der Waals surface area contributed by atoms with E-state index in [1.807, 2.05) is 0 Å². The molecule has 1 aliphatic rings. The molecule has 1 aliphatic heterocycles. The Hall–Kier alpha value is -3.41. The lowest BCUT2D eigenvalue weighted by molar-refractivity contribution is -0.274. The van der Waals surface area contributed by atoms with Crippen molar-refractivity contribution < 1.29 is 40.6 Å². The highest BCUT2D eigenvalue weighted by atomic mass is 35.5. The number of amides is 1. The maximum Gasteiger partial charge on any atom is 0.573 e. The molecule has 0 bridgehead atoms. The summed E-state index contributed by atoms with van der Waals surface area (Å²) < 4.78 is 87.9. The molecule has 6 nitrogen and oxygen atoms in total. The Bertz CT molecular complexity index is 1240. The van der Waals surface area contributed by atoms with Gasteiger partial charge in [0.25, 0.3) is 5.91 Å². The summed E-state index contributed by atoms with van der Waals surface area (Å²) in [5.74, 6) is -1.30. The van der Waals surface area contributed by atoms with Crippen molar-refractivity contribution in [1.82, 2.24) is 14.7 Å². The molecule has 0 saturated heterocycles. The SMILES string of the molecule is O=C(NCc1ccc(OC(F)(F)F)cc1)c1nc2c(C(F)(F)F)cc(C3CC=CO3)cn2c1Cl. The van der Waals surface area contributed by atoms with Gasteiger partial charge in [-0.3, -0.25) is 9.20 Å². The molecule has 0 spiro atoms. The Balaban J connectivity index is 1.58. The predicted molar refractivity (Wildman–Crippen MR) is 107 cm³/mol. The number of halogens is 7. The highest BCUT2D eigenvalue weighted by molar-refractivity contribution is 6.33. The third-order valence-corrected chi connectivity index (χ3v) is 5.24. The Labute approximate surface area is 192 Å². The van der Waals surface area contributed by atoms with Gasteiger partial charge >= 0.3 is 12.5 Å². The largest absolute Gasteiger partial charge is 0.573 e. The number of carbonyl (C=O) groups excluding carboxylic acids is 1. The van der Waals surface area contributed by atoms with Crippen LogP contribution in [0.3, 0.4) is 0 Å². The number of carbonyl (C=O) groups is 1. The van der Waals surface area contributed by atoms with Gasteiger partial charge in [-0.05, 0) is 29.8 Å². The van der Waals surface area contributed by atoms with Gasteiger partial charge in [0, 0.05) is 24.7 Å². The van der Waals surface area contributed by atoms with Gasteiger partial charge in [0.2, 0.25) is 0 Å². The number of rotatable bonds is 5. The lowest BCUT2D eigenvalue weighted by atomic mass is 10.1. The van der Waals surface area contributed by atoms with Crippen molar-refractivity contribution in [3.8, 4) is 5.75 Å². The number of nitrogens with one attached hydrogen (secondary N) is 1. The van der Waals surface area contributed by atoms with E-state index in [4.69, 9.17) is 16.3 Å². The molecule has 1 aromatic carbocycles. The summed E-state index contributed by atoms with van der Waals surface area (Å²) in [6.45, 7) is -0.145. The number of nitrogens with zero attached hydrogens (tertiary/aromatic N) is 2.